The van der Waals surface area contributed by atoms with Crippen LogP contribution in [0.15, 0.2) is 40.9 Å². The van der Waals surface area contributed by atoms with Crippen molar-refractivity contribution in [2.24, 2.45) is 5.11 Å². The van der Waals surface area contributed by atoms with Crippen molar-refractivity contribution < 1.29 is 23.8 Å². The molecule has 1 unspecified atom stereocenters. The molecule has 2 aliphatic rings. The van der Waals surface area contributed by atoms with E-state index < -0.39 is 12.0 Å². The molecular formula is C24H28N8O5. The quantitative estimate of drug-likeness (QED) is 0.362. The Hall–Kier alpha value is -4.51. The summed E-state index contributed by atoms with van der Waals surface area (Å²) in [5, 5.41) is 3.64. The van der Waals surface area contributed by atoms with Crippen LogP contribution in [0.25, 0.3) is 21.3 Å². The molecule has 2 N–H and O–H groups in total. The average Bonchev–Trinajstić information content (AvgIpc) is 2.92. The lowest BCUT2D eigenvalue weighted by Gasteiger charge is -2.37. The fourth-order valence-corrected chi connectivity index (χ4v) is 4.23. The lowest BCUT2D eigenvalue weighted by atomic mass is 10.1. The summed E-state index contributed by atoms with van der Waals surface area (Å²) in [4.78, 5) is 40.5. The number of azide groups is 1. The molecule has 2 saturated heterocycles. The third kappa shape index (κ3) is 5.21. The van der Waals surface area contributed by atoms with Gasteiger partial charge >= 0.3 is 0 Å². The van der Waals surface area contributed by atoms with E-state index in [0.29, 0.717) is 54.5 Å². The number of ether oxygens (including phenoxy) is 3. The van der Waals surface area contributed by atoms with E-state index in [-0.39, 0.29) is 29.6 Å². The van der Waals surface area contributed by atoms with Crippen molar-refractivity contribution in [1.82, 2.24) is 14.9 Å². The first kappa shape index (κ1) is 25.6. The second kappa shape index (κ2) is 11.0. The van der Waals surface area contributed by atoms with E-state index in [0.717, 1.165) is 6.42 Å². The van der Waals surface area contributed by atoms with Crippen LogP contribution in [0.1, 0.15) is 30.6 Å². The predicted molar refractivity (Wildman–Crippen MR) is 136 cm³/mol. The summed E-state index contributed by atoms with van der Waals surface area (Å²) in [5.41, 5.74) is 15.3. The van der Waals surface area contributed by atoms with E-state index in [1.165, 1.54) is 19.2 Å². The fourth-order valence-electron chi connectivity index (χ4n) is 4.23. The van der Waals surface area contributed by atoms with Crippen LogP contribution in [-0.2, 0) is 14.3 Å². The number of nitrogen functional groups attached to an aromatic ring is 1. The molecule has 0 radical (unpaired) electrons. The van der Waals surface area contributed by atoms with Crippen LogP contribution < -0.4 is 15.4 Å². The molecule has 1 atom stereocenters. The normalized spacial score (nSPS) is 19.8. The minimum Gasteiger partial charge on any atom is -0.496 e. The summed E-state index contributed by atoms with van der Waals surface area (Å²) in [6, 6.07) is 3.00. The number of aromatic nitrogens is 2. The molecule has 2 fully saturated rings. The monoisotopic (exact) mass is 508 g/mol. The highest BCUT2D eigenvalue weighted by atomic mass is 16.6. The molecule has 3 heterocycles. The standard InChI is InChI=1S/C24H28N8O5/c1-4-6-18-17(5-2)37-20(13-36-18)23(34)31-7-9-32(10-8-31)24-27-16-11-15(22(33)29-30-26)19(35-3)12-14(16)21(25)28-24/h5-6,11-12,20H,4,7-10,13H2,1-3H3,(H2,25,27,28)/b17-5+,18-6+. The second-order valence-electron chi connectivity index (χ2n) is 8.33. The van der Waals surface area contributed by atoms with Crippen molar-refractivity contribution in [3.8, 4) is 5.75 Å². The van der Waals surface area contributed by atoms with E-state index in [1.807, 2.05) is 24.8 Å². The number of amides is 2. The lowest BCUT2D eigenvalue weighted by molar-refractivity contribution is -0.147. The smallest absolute Gasteiger partial charge is 0.267 e. The van der Waals surface area contributed by atoms with Crippen LogP contribution in [-0.4, -0.2) is 72.7 Å². The summed E-state index contributed by atoms with van der Waals surface area (Å²) in [7, 11) is 1.39. The SMILES string of the molecule is C/C=C1/OC(C(=O)N2CCN(c3nc(N)c4cc(OC)c(C(=O)N=[N+]=[N-])cc4n3)CC2)CO/C1=C/CC. The number of rotatable bonds is 5. The van der Waals surface area contributed by atoms with E-state index in [2.05, 4.69) is 20.0 Å². The van der Waals surface area contributed by atoms with Gasteiger partial charge in [0.15, 0.2) is 11.5 Å². The molecule has 194 valence electrons. The number of nitrogens with two attached hydrogens (primary N) is 1. The van der Waals surface area contributed by atoms with Crippen molar-refractivity contribution >= 4 is 34.5 Å². The van der Waals surface area contributed by atoms with Gasteiger partial charge in [0.2, 0.25) is 12.1 Å². The molecule has 4 rings (SSSR count). The molecule has 2 amide bonds. The van der Waals surface area contributed by atoms with Crippen LogP contribution in [0.4, 0.5) is 11.8 Å². The number of nitrogens with zero attached hydrogens (tertiary/aromatic N) is 7. The number of hydrogen-bond acceptors (Lipinski definition) is 9. The molecule has 0 spiro atoms. The number of allylic oxidation sites excluding steroid dienone is 2. The number of fused-ring (bicyclic) bond motifs is 1. The van der Waals surface area contributed by atoms with Gasteiger partial charge in [-0.1, -0.05) is 6.92 Å². The molecule has 0 aliphatic carbocycles. The molecule has 2 aliphatic heterocycles. The van der Waals surface area contributed by atoms with Gasteiger partial charge < -0.3 is 29.7 Å². The zero-order valence-electron chi connectivity index (χ0n) is 20.9. The van der Waals surface area contributed by atoms with Gasteiger partial charge in [-0.15, -0.1) is 0 Å². The van der Waals surface area contributed by atoms with E-state index in [1.54, 1.807) is 11.0 Å². The second-order valence-corrected chi connectivity index (χ2v) is 8.33. The van der Waals surface area contributed by atoms with Gasteiger partial charge in [-0.3, -0.25) is 9.59 Å². The Kier molecular flexibility index (Phi) is 7.63. The first-order chi connectivity index (χ1) is 17.9. The molecule has 0 saturated carbocycles. The number of carbonyl (C=O) groups excluding carboxylic acids is 2. The Morgan fingerprint density at radius 3 is 2.68 bits per heavy atom. The van der Waals surface area contributed by atoms with Gasteiger partial charge in [0, 0.05) is 36.5 Å². The van der Waals surface area contributed by atoms with E-state index in [4.69, 9.17) is 25.5 Å². The maximum atomic E-state index is 13.1. The van der Waals surface area contributed by atoms with Crippen molar-refractivity contribution in [3.05, 3.63) is 51.8 Å². The maximum Gasteiger partial charge on any atom is 0.267 e. The summed E-state index contributed by atoms with van der Waals surface area (Å²) in [6.07, 6.45) is 3.81. The zero-order chi connectivity index (χ0) is 26.5. The molecule has 13 heteroatoms. The summed E-state index contributed by atoms with van der Waals surface area (Å²) < 4.78 is 16.9. The largest absolute Gasteiger partial charge is 0.496 e. The highest BCUT2D eigenvalue weighted by Crippen LogP contribution is 2.30. The van der Waals surface area contributed by atoms with Crippen molar-refractivity contribution in [2.45, 2.75) is 26.4 Å². The Morgan fingerprint density at radius 1 is 1.27 bits per heavy atom. The molecule has 37 heavy (non-hydrogen) atoms. The fraction of sp³-hybridized carbons (Fsp3) is 0.417. The zero-order valence-corrected chi connectivity index (χ0v) is 20.9. The Morgan fingerprint density at radius 2 is 2.03 bits per heavy atom. The molecule has 1 aromatic heterocycles. The minimum atomic E-state index is -0.792. The molecule has 1 aromatic carbocycles. The summed E-state index contributed by atoms with van der Waals surface area (Å²) >= 11 is 0. The first-order valence-corrected chi connectivity index (χ1v) is 11.8. The number of piperazine rings is 1. The van der Waals surface area contributed by atoms with Gasteiger partial charge in [0.25, 0.3) is 11.8 Å². The lowest BCUT2D eigenvalue weighted by Crippen LogP contribution is -2.53. The summed E-state index contributed by atoms with van der Waals surface area (Å²) in [6.45, 7) is 5.83. The molecule has 2 aromatic rings. The van der Waals surface area contributed by atoms with E-state index >= 15 is 0 Å². The predicted octanol–water partition coefficient (Wildman–Crippen LogP) is 2.93. The first-order valence-electron chi connectivity index (χ1n) is 11.8. The highest BCUT2D eigenvalue weighted by molar-refractivity contribution is 6.03. The van der Waals surface area contributed by atoms with Crippen LogP contribution in [0.3, 0.4) is 0 Å². The van der Waals surface area contributed by atoms with Gasteiger partial charge in [0.05, 0.1) is 18.2 Å². The summed E-state index contributed by atoms with van der Waals surface area (Å²) in [5.74, 6) is 1.08. The van der Waals surface area contributed by atoms with Crippen LogP contribution in [0.5, 0.6) is 5.75 Å². The number of carbonyl (C=O) groups is 2. The highest BCUT2D eigenvalue weighted by Gasteiger charge is 2.34. The number of benzene rings is 1. The minimum absolute atomic E-state index is 0.0689. The maximum absolute atomic E-state index is 13.1. The van der Waals surface area contributed by atoms with Crippen LogP contribution >= 0.6 is 0 Å². The molecule has 0 bridgehead atoms. The molecule has 13 nitrogen and oxygen atoms in total. The third-order valence-corrected chi connectivity index (χ3v) is 6.10. The van der Waals surface area contributed by atoms with Crippen molar-refractivity contribution in [3.63, 3.8) is 0 Å². The van der Waals surface area contributed by atoms with Gasteiger partial charge in [-0.25, -0.2) is 4.98 Å². The molecular weight excluding hydrogens is 480 g/mol. The van der Waals surface area contributed by atoms with Gasteiger partial charge in [0.1, 0.15) is 18.2 Å². The van der Waals surface area contributed by atoms with E-state index in [9.17, 15) is 9.59 Å². The number of hydrogen-bond donors (Lipinski definition) is 1. The number of anilines is 2. The van der Waals surface area contributed by atoms with Crippen LogP contribution in [0.2, 0.25) is 0 Å². The van der Waals surface area contributed by atoms with Gasteiger partial charge in [-0.2, -0.15) is 4.98 Å². The Labute approximate surface area is 213 Å². The topological polar surface area (TPSA) is 169 Å². The Bertz CT molecular complexity index is 1330. The van der Waals surface area contributed by atoms with Crippen LogP contribution in [0, 0.1) is 0 Å². The third-order valence-electron chi connectivity index (χ3n) is 6.10. The number of methoxy groups -OCH3 is 1. The van der Waals surface area contributed by atoms with Crippen molar-refractivity contribution in [1.29, 1.82) is 0 Å². The Balaban J connectivity index is 1.49. The average molecular weight is 509 g/mol. The van der Waals surface area contributed by atoms with Crippen molar-refractivity contribution in [2.75, 3.05) is 50.5 Å². The van der Waals surface area contributed by atoms with Gasteiger partial charge in [-0.05, 0) is 48.3 Å².